The lowest BCUT2D eigenvalue weighted by atomic mass is 10.1. The Balaban J connectivity index is 1.85. The molecule has 0 bridgehead atoms. The number of anilines is 3. The molecule has 0 atom stereocenters. The first-order valence-corrected chi connectivity index (χ1v) is 8.71. The third-order valence-corrected chi connectivity index (χ3v) is 4.70. The number of nitro groups is 1. The fourth-order valence-corrected chi connectivity index (χ4v) is 3.27. The van der Waals surface area contributed by atoms with Crippen LogP contribution in [-0.4, -0.2) is 28.8 Å². The Labute approximate surface area is 162 Å². The van der Waals surface area contributed by atoms with E-state index in [1.807, 2.05) is 0 Å². The van der Waals surface area contributed by atoms with Gasteiger partial charge in [-0.2, -0.15) is 0 Å². The Morgan fingerprint density at radius 1 is 1.18 bits per heavy atom. The number of nitrogens with one attached hydrogen (secondary N) is 1. The molecule has 28 heavy (non-hydrogen) atoms. The zero-order chi connectivity index (χ0) is 20.3. The summed E-state index contributed by atoms with van der Waals surface area (Å²) in [5, 5.41) is 14.2. The van der Waals surface area contributed by atoms with Crippen molar-refractivity contribution in [3.63, 3.8) is 0 Å². The highest BCUT2D eigenvalue weighted by molar-refractivity contribution is 7.18. The quantitative estimate of drug-likeness (QED) is 0.279. The fraction of sp³-hybridized carbons (Fsp3) is 0.0556. The fourth-order valence-electron chi connectivity index (χ4n) is 2.41. The second-order valence-electron chi connectivity index (χ2n) is 5.57. The van der Waals surface area contributed by atoms with Crippen molar-refractivity contribution in [3.8, 4) is 0 Å². The third kappa shape index (κ3) is 3.96. The number of ketones is 1. The van der Waals surface area contributed by atoms with Crippen molar-refractivity contribution in [1.82, 2.24) is 4.98 Å². The summed E-state index contributed by atoms with van der Waals surface area (Å²) in [6.07, 6.45) is 0. The molecule has 0 unspecified atom stereocenters. The second kappa shape index (κ2) is 7.84. The average molecular weight is 398 g/mol. The van der Waals surface area contributed by atoms with E-state index < -0.39 is 16.7 Å². The van der Waals surface area contributed by atoms with Gasteiger partial charge in [-0.25, -0.2) is 9.78 Å². The SMILES string of the molecule is COC(=O)c1cccc(Nc2nc(N)c(C(=O)c3cccc([N+](=O)[O-])c3)s2)c1. The summed E-state index contributed by atoms with van der Waals surface area (Å²) in [6, 6.07) is 12.0. The number of esters is 1. The standard InChI is InChI=1S/C18H14N4O5S/c1-27-17(24)11-5-2-6-12(8-11)20-18-21-16(19)15(28-18)14(23)10-4-3-7-13(9-10)22(25)26/h2-9H,19H2,1H3,(H,20,21). The number of thiazole rings is 1. The van der Waals surface area contributed by atoms with Crippen LogP contribution in [0.2, 0.25) is 0 Å². The summed E-state index contributed by atoms with van der Waals surface area (Å²) in [4.78, 5) is 38.9. The number of hydrogen-bond donors (Lipinski definition) is 2. The number of aromatic nitrogens is 1. The molecule has 0 saturated heterocycles. The molecule has 0 aliphatic rings. The normalized spacial score (nSPS) is 10.3. The van der Waals surface area contributed by atoms with Crippen molar-refractivity contribution in [1.29, 1.82) is 0 Å². The largest absolute Gasteiger partial charge is 0.465 e. The Bertz CT molecular complexity index is 1080. The number of non-ortho nitro benzene ring substituents is 1. The van der Waals surface area contributed by atoms with E-state index in [2.05, 4.69) is 15.0 Å². The molecule has 0 saturated carbocycles. The topological polar surface area (TPSA) is 137 Å². The van der Waals surface area contributed by atoms with Crippen LogP contribution in [0, 0.1) is 10.1 Å². The number of carbonyl (C=O) groups excluding carboxylic acids is 2. The highest BCUT2D eigenvalue weighted by Crippen LogP contribution is 2.30. The highest BCUT2D eigenvalue weighted by atomic mass is 32.1. The third-order valence-electron chi connectivity index (χ3n) is 3.71. The number of nitro benzene ring substituents is 1. The summed E-state index contributed by atoms with van der Waals surface area (Å²) in [6.45, 7) is 0. The Morgan fingerprint density at radius 3 is 2.61 bits per heavy atom. The second-order valence-corrected chi connectivity index (χ2v) is 6.57. The van der Waals surface area contributed by atoms with Crippen LogP contribution in [0.1, 0.15) is 25.6 Å². The number of hydrogen-bond acceptors (Lipinski definition) is 9. The number of nitrogens with two attached hydrogens (primary N) is 1. The van der Waals surface area contributed by atoms with E-state index in [9.17, 15) is 19.7 Å². The van der Waals surface area contributed by atoms with Crippen LogP contribution in [0.3, 0.4) is 0 Å². The van der Waals surface area contributed by atoms with Crippen LogP contribution in [-0.2, 0) is 4.74 Å². The van der Waals surface area contributed by atoms with Crippen molar-refractivity contribution < 1.29 is 19.2 Å². The van der Waals surface area contributed by atoms with E-state index >= 15 is 0 Å². The Hall–Kier alpha value is -3.79. The minimum atomic E-state index is -0.575. The van der Waals surface area contributed by atoms with Crippen molar-refractivity contribution in [2.24, 2.45) is 0 Å². The van der Waals surface area contributed by atoms with E-state index in [1.54, 1.807) is 24.3 Å². The number of rotatable bonds is 6. The maximum Gasteiger partial charge on any atom is 0.337 e. The zero-order valence-corrected chi connectivity index (χ0v) is 15.4. The minimum Gasteiger partial charge on any atom is -0.465 e. The Morgan fingerprint density at radius 2 is 1.89 bits per heavy atom. The van der Waals surface area contributed by atoms with Gasteiger partial charge in [-0.05, 0) is 18.2 Å². The van der Waals surface area contributed by atoms with Gasteiger partial charge in [-0.1, -0.05) is 29.5 Å². The molecule has 10 heteroatoms. The van der Waals surface area contributed by atoms with E-state index in [1.165, 1.54) is 31.4 Å². The number of nitrogens with zero attached hydrogens (tertiary/aromatic N) is 2. The van der Waals surface area contributed by atoms with Crippen LogP contribution in [0.25, 0.3) is 0 Å². The average Bonchev–Trinajstić information content (AvgIpc) is 3.06. The summed E-state index contributed by atoms with van der Waals surface area (Å²) in [5.74, 6) is -0.938. The number of carbonyl (C=O) groups is 2. The van der Waals surface area contributed by atoms with Gasteiger partial charge in [0.25, 0.3) is 5.69 Å². The van der Waals surface area contributed by atoms with E-state index in [4.69, 9.17) is 5.73 Å². The molecule has 1 aromatic heterocycles. The molecule has 9 nitrogen and oxygen atoms in total. The number of nitrogen functional groups attached to an aromatic ring is 1. The molecule has 3 N–H and O–H groups in total. The first-order valence-electron chi connectivity index (χ1n) is 7.90. The van der Waals surface area contributed by atoms with Crippen LogP contribution < -0.4 is 11.1 Å². The monoisotopic (exact) mass is 398 g/mol. The van der Waals surface area contributed by atoms with Crippen molar-refractivity contribution in [2.75, 3.05) is 18.2 Å². The maximum atomic E-state index is 12.7. The summed E-state index contributed by atoms with van der Waals surface area (Å²) >= 11 is 1.01. The molecule has 0 aliphatic carbocycles. The van der Waals surface area contributed by atoms with Crippen LogP contribution in [0.4, 0.5) is 22.3 Å². The number of benzene rings is 2. The molecule has 3 rings (SSSR count). The molecule has 142 valence electrons. The predicted molar refractivity (Wildman–Crippen MR) is 104 cm³/mol. The number of ether oxygens (including phenoxy) is 1. The van der Waals surface area contributed by atoms with E-state index in [0.29, 0.717) is 16.4 Å². The van der Waals surface area contributed by atoms with Gasteiger partial charge in [-0.3, -0.25) is 14.9 Å². The van der Waals surface area contributed by atoms with Gasteiger partial charge in [0, 0.05) is 23.4 Å². The van der Waals surface area contributed by atoms with E-state index in [0.717, 1.165) is 11.3 Å². The zero-order valence-electron chi connectivity index (χ0n) is 14.5. The molecular weight excluding hydrogens is 384 g/mol. The van der Waals surface area contributed by atoms with Crippen LogP contribution >= 0.6 is 11.3 Å². The van der Waals surface area contributed by atoms with Crippen molar-refractivity contribution >= 4 is 45.4 Å². The molecule has 0 radical (unpaired) electrons. The molecule has 0 spiro atoms. The van der Waals surface area contributed by atoms with Gasteiger partial charge in [-0.15, -0.1) is 0 Å². The first kappa shape index (κ1) is 19.0. The first-order chi connectivity index (χ1) is 13.4. The minimum absolute atomic E-state index is 0.00753. The van der Waals surface area contributed by atoms with Crippen molar-refractivity contribution in [2.45, 2.75) is 0 Å². The molecule has 1 heterocycles. The molecule has 2 aromatic carbocycles. The number of methoxy groups -OCH3 is 1. The smallest absolute Gasteiger partial charge is 0.337 e. The molecule has 0 aliphatic heterocycles. The van der Waals surface area contributed by atoms with Gasteiger partial charge in [0.15, 0.2) is 5.13 Å². The van der Waals surface area contributed by atoms with Gasteiger partial charge < -0.3 is 15.8 Å². The summed E-state index contributed by atoms with van der Waals surface area (Å²) < 4.78 is 4.68. The van der Waals surface area contributed by atoms with Crippen molar-refractivity contribution in [3.05, 3.63) is 74.6 Å². The molecule has 0 fully saturated rings. The predicted octanol–water partition coefficient (Wildman–Crippen LogP) is 3.39. The van der Waals surface area contributed by atoms with Crippen LogP contribution in [0.5, 0.6) is 0 Å². The van der Waals surface area contributed by atoms with Crippen LogP contribution in [0.15, 0.2) is 48.5 Å². The summed E-state index contributed by atoms with van der Waals surface area (Å²) in [7, 11) is 1.29. The van der Waals surface area contributed by atoms with Gasteiger partial charge >= 0.3 is 5.97 Å². The summed E-state index contributed by atoms with van der Waals surface area (Å²) in [5.41, 5.74) is 6.73. The van der Waals surface area contributed by atoms with Gasteiger partial charge in [0.2, 0.25) is 5.78 Å². The van der Waals surface area contributed by atoms with Gasteiger partial charge in [0.1, 0.15) is 10.7 Å². The maximum absolute atomic E-state index is 12.7. The lowest BCUT2D eigenvalue weighted by Gasteiger charge is -2.04. The lowest BCUT2D eigenvalue weighted by molar-refractivity contribution is -0.384. The van der Waals surface area contributed by atoms with E-state index in [-0.39, 0.29) is 21.9 Å². The molecule has 0 amide bonds. The van der Waals surface area contributed by atoms with Gasteiger partial charge in [0.05, 0.1) is 17.6 Å². The lowest BCUT2D eigenvalue weighted by Crippen LogP contribution is -2.03. The molecular formula is C18H14N4O5S. The highest BCUT2D eigenvalue weighted by Gasteiger charge is 2.20. The molecule has 3 aromatic rings. The Kier molecular flexibility index (Phi) is 5.32.